The van der Waals surface area contributed by atoms with Crippen molar-refractivity contribution in [2.45, 2.75) is 36.6 Å². The predicted octanol–water partition coefficient (Wildman–Crippen LogP) is 5.05. The first-order valence-electron chi connectivity index (χ1n) is 12.9. The smallest absolute Gasteiger partial charge is 0.416 e. The van der Waals surface area contributed by atoms with Crippen LogP contribution in [0.2, 0.25) is 0 Å². The molecule has 1 amide bonds. The SMILES string of the molecule is O=C(O)[C@]1(C[C@H]2CN(S(=O)(=O)c3cccc(C(F)(F)F)c3)c3cc(-c4cc(F)cc(OC(F)F)c4)ccc3O2)CCNC1=O. The van der Waals surface area contributed by atoms with Crippen LogP contribution in [0.1, 0.15) is 18.4 Å². The largest absolute Gasteiger partial charge is 0.486 e. The van der Waals surface area contributed by atoms with Gasteiger partial charge in [0.2, 0.25) is 5.91 Å². The highest BCUT2D eigenvalue weighted by Crippen LogP contribution is 2.44. The molecule has 5 rings (SSSR count). The lowest BCUT2D eigenvalue weighted by Gasteiger charge is -2.38. The highest BCUT2D eigenvalue weighted by Gasteiger charge is 2.52. The highest BCUT2D eigenvalue weighted by atomic mass is 32.2. The molecular formula is C28H22F6N2O7S. The molecule has 0 aliphatic carbocycles. The van der Waals surface area contributed by atoms with E-state index in [1.807, 2.05) is 0 Å². The Morgan fingerprint density at radius 2 is 1.86 bits per heavy atom. The number of anilines is 1. The number of benzene rings is 3. The summed E-state index contributed by atoms with van der Waals surface area (Å²) < 4.78 is 119. The molecule has 0 radical (unpaired) electrons. The lowest BCUT2D eigenvalue weighted by atomic mass is 9.80. The predicted molar refractivity (Wildman–Crippen MR) is 141 cm³/mol. The van der Waals surface area contributed by atoms with Crippen molar-refractivity contribution in [3.63, 3.8) is 0 Å². The first-order chi connectivity index (χ1) is 20.6. The molecular weight excluding hydrogens is 622 g/mol. The zero-order valence-corrected chi connectivity index (χ0v) is 23.1. The fourth-order valence-electron chi connectivity index (χ4n) is 5.23. The molecule has 234 valence electrons. The van der Waals surface area contributed by atoms with E-state index in [9.17, 15) is 49.5 Å². The molecule has 3 aromatic carbocycles. The maximum Gasteiger partial charge on any atom is 0.416 e. The fraction of sp³-hybridized carbons (Fsp3) is 0.286. The number of alkyl halides is 5. The number of carbonyl (C=O) groups is 2. The summed E-state index contributed by atoms with van der Waals surface area (Å²) in [5.41, 5.74) is -3.30. The molecule has 2 aliphatic rings. The van der Waals surface area contributed by atoms with E-state index in [0.29, 0.717) is 22.5 Å². The van der Waals surface area contributed by atoms with Crippen LogP contribution in [0.25, 0.3) is 11.1 Å². The molecule has 2 heterocycles. The van der Waals surface area contributed by atoms with Crippen LogP contribution < -0.4 is 19.1 Å². The molecule has 0 unspecified atom stereocenters. The van der Waals surface area contributed by atoms with Gasteiger partial charge in [0.05, 0.1) is 22.7 Å². The minimum Gasteiger partial charge on any atom is -0.486 e. The van der Waals surface area contributed by atoms with Crippen LogP contribution in [-0.2, 0) is 25.8 Å². The second-order valence-electron chi connectivity index (χ2n) is 10.1. The van der Waals surface area contributed by atoms with Crippen molar-refractivity contribution in [3.8, 4) is 22.6 Å². The Kier molecular flexibility index (Phi) is 7.90. The van der Waals surface area contributed by atoms with Crippen molar-refractivity contribution in [2.24, 2.45) is 5.41 Å². The molecule has 2 N–H and O–H groups in total. The minimum atomic E-state index is -4.87. The zero-order valence-electron chi connectivity index (χ0n) is 22.3. The number of carbonyl (C=O) groups excluding carboxylic acids is 1. The number of rotatable bonds is 8. The van der Waals surface area contributed by atoms with E-state index in [2.05, 4.69) is 10.1 Å². The van der Waals surface area contributed by atoms with Gasteiger partial charge in [-0.15, -0.1) is 0 Å². The molecule has 16 heteroatoms. The third-order valence-corrected chi connectivity index (χ3v) is 9.10. The average molecular weight is 645 g/mol. The summed E-state index contributed by atoms with van der Waals surface area (Å²) >= 11 is 0. The van der Waals surface area contributed by atoms with Gasteiger partial charge in [0.25, 0.3) is 10.0 Å². The number of hydrogen-bond donors (Lipinski definition) is 2. The molecule has 0 bridgehead atoms. The minimum absolute atomic E-state index is 0.00514. The Hall–Kier alpha value is -4.47. The number of hydrogen-bond acceptors (Lipinski definition) is 6. The number of sulfonamides is 1. The summed E-state index contributed by atoms with van der Waals surface area (Å²) in [6.07, 6.45) is -6.70. The zero-order chi connectivity index (χ0) is 32.0. The molecule has 1 fully saturated rings. The number of aliphatic carboxylic acids is 1. The third kappa shape index (κ3) is 5.85. The molecule has 0 aromatic heterocycles. The normalized spacial score (nSPS) is 20.2. The quantitative estimate of drug-likeness (QED) is 0.260. The van der Waals surface area contributed by atoms with E-state index in [0.717, 1.165) is 24.3 Å². The van der Waals surface area contributed by atoms with Crippen molar-refractivity contribution >= 4 is 27.6 Å². The van der Waals surface area contributed by atoms with Gasteiger partial charge in [-0.1, -0.05) is 12.1 Å². The Bertz CT molecular complexity index is 1730. The number of halogens is 6. The molecule has 1 saturated heterocycles. The van der Waals surface area contributed by atoms with Gasteiger partial charge >= 0.3 is 18.8 Å². The van der Waals surface area contributed by atoms with Gasteiger partial charge in [0.15, 0.2) is 5.41 Å². The molecule has 44 heavy (non-hydrogen) atoms. The van der Waals surface area contributed by atoms with Gasteiger partial charge in [-0.2, -0.15) is 22.0 Å². The van der Waals surface area contributed by atoms with Gasteiger partial charge in [0.1, 0.15) is 23.4 Å². The lowest BCUT2D eigenvalue weighted by Crippen LogP contribution is -2.49. The highest BCUT2D eigenvalue weighted by molar-refractivity contribution is 7.92. The summed E-state index contributed by atoms with van der Waals surface area (Å²) in [6, 6.07) is 9.53. The molecule has 2 atom stereocenters. The molecule has 9 nitrogen and oxygen atoms in total. The van der Waals surface area contributed by atoms with Crippen LogP contribution in [-0.4, -0.2) is 51.2 Å². The van der Waals surface area contributed by atoms with E-state index in [4.69, 9.17) is 4.74 Å². The van der Waals surface area contributed by atoms with Crippen LogP contribution >= 0.6 is 0 Å². The molecule has 3 aromatic rings. The van der Waals surface area contributed by atoms with Crippen molar-refractivity contribution in [1.82, 2.24) is 5.32 Å². The van der Waals surface area contributed by atoms with Crippen molar-refractivity contribution in [1.29, 1.82) is 0 Å². The number of nitrogens with one attached hydrogen (secondary N) is 1. The first kappa shape index (κ1) is 31.0. The summed E-state index contributed by atoms with van der Waals surface area (Å²) in [7, 11) is -4.80. The molecule has 2 aliphatic heterocycles. The Morgan fingerprint density at radius 1 is 1.11 bits per heavy atom. The van der Waals surface area contributed by atoms with Crippen LogP contribution in [0.3, 0.4) is 0 Å². The standard InChI is InChI=1S/C28H22F6N2O7S/c29-18-8-16(9-19(12-18)43-26(30)31)15-4-5-23-22(10-15)36(44(40,41)21-3-1-2-17(11-21)28(32,33)34)14-20(42-23)13-27(25(38)39)6-7-35-24(27)37/h1-5,8-12,20,26H,6-7,13-14H2,(H,35,37)(H,38,39)/t20-,27-/m0/s1. The van der Waals surface area contributed by atoms with Gasteiger partial charge < -0.3 is 19.9 Å². The van der Waals surface area contributed by atoms with Crippen molar-refractivity contribution in [3.05, 3.63) is 72.0 Å². The van der Waals surface area contributed by atoms with Crippen LogP contribution in [0.4, 0.5) is 32.0 Å². The third-order valence-electron chi connectivity index (χ3n) is 7.33. The maximum absolute atomic E-state index is 14.3. The molecule has 0 spiro atoms. The molecule has 0 saturated carbocycles. The fourth-order valence-corrected chi connectivity index (χ4v) is 6.78. The van der Waals surface area contributed by atoms with Gasteiger partial charge in [-0.05, 0) is 60.0 Å². The second kappa shape index (κ2) is 11.2. The topological polar surface area (TPSA) is 122 Å². The maximum atomic E-state index is 14.3. The summed E-state index contributed by atoms with van der Waals surface area (Å²) in [5, 5.41) is 12.3. The van der Waals surface area contributed by atoms with E-state index >= 15 is 0 Å². The van der Waals surface area contributed by atoms with Gasteiger partial charge in [-0.3, -0.25) is 13.9 Å². The second-order valence-corrected chi connectivity index (χ2v) is 12.0. The van der Waals surface area contributed by atoms with Crippen LogP contribution in [0, 0.1) is 11.2 Å². The Labute approximate surface area is 246 Å². The van der Waals surface area contributed by atoms with Crippen LogP contribution in [0.5, 0.6) is 11.5 Å². The first-order valence-corrected chi connectivity index (χ1v) is 14.3. The monoisotopic (exact) mass is 644 g/mol. The van der Waals surface area contributed by atoms with Gasteiger partial charge in [0, 0.05) is 19.0 Å². The summed E-state index contributed by atoms with van der Waals surface area (Å²) in [4.78, 5) is 24.0. The van der Waals surface area contributed by atoms with E-state index < -0.39 is 81.2 Å². The van der Waals surface area contributed by atoms with Gasteiger partial charge in [-0.25, -0.2) is 12.8 Å². The van der Waals surface area contributed by atoms with Crippen LogP contribution in [0.15, 0.2) is 65.6 Å². The van der Waals surface area contributed by atoms with E-state index in [-0.39, 0.29) is 35.5 Å². The summed E-state index contributed by atoms with van der Waals surface area (Å²) in [5.74, 6) is -3.87. The number of ether oxygens (including phenoxy) is 2. The number of amides is 1. The lowest BCUT2D eigenvalue weighted by molar-refractivity contribution is -0.155. The van der Waals surface area contributed by atoms with Crippen molar-refractivity contribution < 1.29 is 58.9 Å². The number of fused-ring (bicyclic) bond motifs is 1. The average Bonchev–Trinajstić information content (AvgIpc) is 3.32. The number of carboxylic acids is 1. The number of nitrogens with zero attached hydrogens (tertiary/aromatic N) is 1. The Balaban J connectivity index is 1.62. The van der Waals surface area contributed by atoms with Crippen molar-refractivity contribution in [2.75, 3.05) is 17.4 Å². The summed E-state index contributed by atoms with van der Waals surface area (Å²) in [6.45, 7) is -3.82. The number of carboxylic acid groups (broad SMARTS) is 1. The Morgan fingerprint density at radius 3 is 2.50 bits per heavy atom. The van der Waals surface area contributed by atoms with E-state index in [1.54, 1.807) is 0 Å². The van der Waals surface area contributed by atoms with E-state index in [1.165, 1.54) is 18.2 Å².